The maximum atomic E-state index is 13.3. The summed E-state index contributed by atoms with van der Waals surface area (Å²) in [6.45, 7) is -0.155. The molecule has 0 fully saturated rings. The van der Waals surface area contributed by atoms with Crippen molar-refractivity contribution in [2.75, 3.05) is 14.2 Å². The van der Waals surface area contributed by atoms with E-state index in [9.17, 15) is 22.8 Å². The van der Waals surface area contributed by atoms with E-state index in [-0.39, 0.29) is 30.9 Å². The molecule has 0 aromatic heterocycles. The molecule has 0 radical (unpaired) electrons. The molecule has 0 aliphatic heterocycles. The number of alkyl halides is 3. The van der Waals surface area contributed by atoms with Gasteiger partial charge in [0.25, 0.3) is 0 Å². The predicted octanol–water partition coefficient (Wildman–Crippen LogP) is 5.98. The molecular weight excluding hydrogens is 463 g/mol. The molecule has 0 N–H and O–H groups in total. The number of rotatable bonds is 8. The van der Waals surface area contributed by atoms with Crippen LogP contribution in [0.4, 0.5) is 18.0 Å². The summed E-state index contributed by atoms with van der Waals surface area (Å²) in [6.07, 6.45) is -5.25. The Bertz CT molecular complexity index is 1170. The number of carbonyl (C=O) groups is 2. The van der Waals surface area contributed by atoms with E-state index in [0.717, 1.165) is 17.7 Å². The lowest BCUT2D eigenvalue weighted by Crippen LogP contribution is -2.27. The molecule has 35 heavy (non-hydrogen) atoms. The maximum Gasteiger partial charge on any atom is 0.416 e. The molecular formula is C26H24F3NO5. The fraction of sp³-hybridized carbons (Fsp3) is 0.231. The molecule has 3 aromatic rings. The number of benzene rings is 3. The number of nitrogens with zero attached hydrogens (tertiary/aromatic N) is 1. The second-order valence-corrected chi connectivity index (χ2v) is 7.72. The van der Waals surface area contributed by atoms with E-state index < -0.39 is 23.8 Å². The van der Waals surface area contributed by atoms with Crippen molar-refractivity contribution in [3.05, 3.63) is 95.1 Å². The highest BCUT2D eigenvalue weighted by Crippen LogP contribution is 2.35. The van der Waals surface area contributed by atoms with Gasteiger partial charge in [-0.2, -0.15) is 13.2 Å². The number of methoxy groups -OCH3 is 1. The number of amides is 1. The van der Waals surface area contributed by atoms with Crippen molar-refractivity contribution >= 4 is 12.1 Å². The Morgan fingerprint density at radius 1 is 0.914 bits per heavy atom. The van der Waals surface area contributed by atoms with E-state index in [1.165, 1.54) is 25.1 Å². The lowest BCUT2D eigenvalue weighted by molar-refractivity contribution is -0.140. The van der Waals surface area contributed by atoms with Gasteiger partial charge >= 0.3 is 18.2 Å². The first-order chi connectivity index (χ1) is 16.7. The minimum absolute atomic E-state index is 0.0174. The molecule has 6 nitrogen and oxygen atoms in total. The van der Waals surface area contributed by atoms with E-state index in [1.807, 2.05) is 6.07 Å². The summed E-state index contributed by atoms with van der Waals surface area (Å²) in [5, 5.41) is 0. The number of carbonyl (C=O) groups excluding carboxylic acids is 2. The number of halogens is 3. The molecule has 0 heterocycles. The van der Waals surface area contributed by atoms with Crippen molar-refractivity contribution in [2.24, 2.45) is 0 Å². The summed E-state index contributed by atoms with van der Waals surface area (Å²) in [5.74, 6) is 0.0191. The van der Waals surface area contributed by atoms with Crippen LogP contribution < -0.4 is 4.74 Å². The van der Waals surface area contributed by atoms with Gasteiger partial charge in [-0.15, -0.1) is 0 Å². The van der Waals surface area contributed by atoms with Crippen LogP contribution in [0.15, 0.2) is 72.8 Å². The van der Waals surface area contributed by atoms with Crippen LogP contribution in [0.5, 0.6) is 11.5 Å². The van der Waals surface area contributed by atoms with Crippen molar-refractivity contribution in [2.45, 2.75) is 25.7 Å². The van der Waals surface area contributed by atoms with Crippen LogP contribution in [0, 0.1) is 0 Å². The summed E-state index contributed by atoms with van der Waals surface area (Å²) in [7, 11) is 2.70. The minimum atomic E-state index is -4.57. The molecule has 3 rings (SSSR count). The van der Waals surface area contributed by atoms with Gasteiger partial charge in [-0.1, -0.05) is 42.5 Å². The van der Waals surface area contributed by atoms with Crippen molar-refractivity contribution in [3.63, 3.8) is 0 Å². The van der Waals surface area contributed by atoms with Crippen LogP contribution in [0.2, 0.25) is 0 Å². The zero-order valence-corrected chi connectivity index (χ0v) is 19.2. The van der Waals surface area contributed by atoms with Crippen LogP contribution in [0.25, 0.3) is 0 Å². The van der Waals surface area contributed by atoms with Gasteiger partial charge in [0.1, 0.15) is 18.1 Å². The van der Waals surface area contributed by atoms with Crippen LogP contribution in [-0.2, 0) is 40.0 Å². The average Bonchev–Trinajstić information content (AvgIpc) is 2.83. The molecule has 0 atom stereocenters. The Morgan fingerprint density at radius 3 is 2.31 bits per heavy atom. The van der Waals surface area contributed by atoms with Crippen LogP contribution >= 0.6 is 0 Å². The zero-order valence-electron chi connectivity index (χ0n) is 19.2. The summed E-state index contributed by atoms with van der Waals surface area (Å²) in [4.78, 5) is 25.2. The standard InChI is InChI=1S/C26H24F3NO5/c1-30(25(32)34-17-18-7-4-3-5-8-18)16-20-15-21(26(27,28)29)11-12-23(20)35-22-10-6-9-19(13-22)14-24(31)33-2/h3-13,15H,14,16-17H2,1-2H3. The summed E-state index contributed by atoms with van der Waals surface area (Å²) in [6, 6.07) is 18.6. The van der Waals surface area contributed by atoms with E-state index >= 15 is 0 Å². The first-order valence-corrected chi connectivity index (χ1v) is 10.6. The van der Waals surface area contributed by atoms with Crippen molar-refractivity contribution in [1.82, 2.24) is 4.90 Å². The predicted molar refractivity (Wildman–Crippen MR) is 122 cm³/mol. The normalized spacial score (nSPS) is 11.0. The largest absolute Gasteiger partial charge is 0.469 e. The van der Waals surface area contributed by atoms with Gasteiger partial charge in [0, 0.05) is 12.6 Å². The first kappa shape index (κ1) is 25.6. The van der Waals surface area contributed by atoms with Gasteiger partial charge in [0.15, 0.2) is 0 Å². The lowest BCUT2D eigenvalue weighted by Gasteiger charge is -2.20. The molecule has 0 unspecified atom stereocenters. The van der Waals surface area contributed by atoms with Crippen molar-refractivity contribution < 1.29 is 37.0 Å². The van der Waals surface area contributed by atoms with Gasteiger partial charge in [-0.3, -0.25) is 4.79 Å². The molecule has 3 aromatic carbocycles. The number of hydrogen-bond donors (Lipinski definition) is 0. The third-order valence-corrected chi connectivity index (χ3v) is 5.01. The summed E-state index contributed by atoms with van der Waals surface area (Å²) in [5.41, 5.74) is 0.663. The number of esters is 1. The number of hydrogen-bond acceptors (Lipinski definition) is 5. The highest BCUT2D eigenvalue weighted by Gasteiger charge is 2.31. The fourth-order valence-electron chi connectivity index (χ4n) is 3.21. The SMILES string of the molecule is COC(=O)Cc1cccc(Oc2ccc(C(F)(F)F)cc2CN(C)C(=O)OCc2ccccc2)c1. The Balaban J connectivity index is 1.79. The van der Waals surface area contributed by atoms with Crippen molar-refractivity contribution in [1.29, 1.82) is 0 Å². The highest BCUT2D eigenvalue weighted by molar-refractivity contribution is 5.72. The third kappa shape index (κ3) is 7.49. The van der Waals surface area contributed by atoms with Gasteiger partial charge in [-0.05, 0) is 41.5 Å². The Hall–Kier alpha value is -4.01. The molecule has 1 amide bonds. The molecule has 0 bridgehead atoms. The van der Waals surface area contributed by atoms with E-state index in [2.05, 4.69) is 4.74 Å². The molecule has 0 saturated carbocycles. The smallest absolute Gasteiger partial charge is 0.416 e. The minimum Gasteiger partial charge on any atom is -0.469 e. The highest BCUT2D eigenvalue weighted by atomic mass is 19.4. The summed E-state index contributed by atoms with van der Waals surface area (Å²) >= 11 is 0. The monoisotopic (exact) mass is 487 g/mol. The van der Waals surface area contributed by atoms with E-state index in [4.69, 9.17) is 9.47 Å². The van der Waals surface area contributed by atoms with Gasteiger partial charge in [0.05, 0.1) is 25.6 Å². The molecule has 0 spiro atoms. The van der Waals surface area contributed by atoms with Crippen molar-refractivity contribution in [3.8, 4) is 11.5 Å². The van der Waals surface area contributed by atoms with Gasteiger partial charge in [0.2, 0.25) is 0 Å². The Labute approximate surface area is 200 Å². The van der Waals surface area contributed by atoms with E-state index in [1.54, 1.807) is 48.5 Å². The maximum absolute atomic E-state index is 13.3. The number of ether oxygens (including phenoxy) is 3. The van der Waals surface area contributed by atoms with Crippen LogP contribution in [0.1, 0.15) is 22.3 Å². The second kappa shape index (κ2) is 11.4. The zero-order chi connectivity index (χ0) is 25.4. The first-order valence-electron chi connectivity index (χ1n) is 10.6. The average molecular weight is 487 g/mol. The van der Waals surface area contributed by atoms with Gasteiger partial charge < -0.3 is 19.1 Å². The van der Waals surface area contributed by atoms with Crippen LogP contribution in [0.3, 0.4) is 0 Å². The Morgan fingerprint density at radius 2 is 1.63 bits per heavy atom. The molecule has 0 aliphatic carbocycles. The Kier molecular flexibility index (Phi) is 8.35. The van der Waals surface area contributed by atoms with Crippen LogP contribution in [-0.4, -0.2) is 31.1 Å². The molecule has 184 valence electrons. The summed E-state index contributed by atoms with van der Waals surface area (Å²) < 4.78 is 55.8. The third-order valence-electron chi connectivity index (χ3n) is 5.01. The quantitative estimate of drug-likeness (QED) is 0.366. The molecule has 0 saturated heterocycles. The lowest BCUT2D eigenvalue weighted by atomic mass is 10.1. The molecule has 0 aliphatic rings. The van der Waals surface area contributed by atoms with Gasteiger partial charge in [-0.25, -0.2) is 4.79 Å². The molecule has 9 heteroatoms. The fourth-order valence-corrected chi connectivity index (χ4v) is 3.21. The van der Waals surface area contributed by atoms with E-state index in [0.29, 0.717) is 11.3 Å². The second-order valence-electron chi connectivity index (χ2n) is 7.72. The topological polar surface area (TPSA) is 65.1 Å².